The molecule has 0 spiro atoms. The van der Waals surface area contributed by atoms with Crippen molar-refractivity contribution in [2.24, 2.45) is 11.7 Å². The summed E-state index contributed by atoms with van der Waals surface area (Å²) < 4.78 is 0. The maximum Gasteiger partial charge on any atom is 0.306 e. The molecule has 1 amide bonds. The molecule has 0 bridgehead atoms. The topological polar surface area (TPSA) is 92.4 Å². The van der Waals surface area contributed by atoms with Crippen molar-refractivity contribution < 1.29 is 14.7 Å². The van der Waals surface area contributed by atoms with Gasteiger partial charge in [-0.1, -0.05) is 24.6 Å². The van der Waals surface area contributed by atoms with E-state index in [0.29, 0.717) is 18.7 Å². The van der Waals surface area contributed by atoms with Crippen LogP contribution in [0.15, 0.2) is 18.2 Å². The highest BCUT2D eigenvalue weighted by Gasteiger charge is 2.13. The molecule has 0 aliphatic carbocycles. The van der Waals surface area contributed by atoms with Gasteiger partial charge in [0.15, 0.2) is 0 Å². The first-order chi connectivity index (χ1) is 8.43. The number of halogens is 1. The Balaban J connectivity index is 2.71. The van der Waals surface area contributed by atoms with Crippen LogP contribution in [-0.2, 0) is 4.79 Å². The van der Waals surface area contributed by atoms with Gasteiger partial charge in [-0.05, 0) is 18.6 Å². The summed E-state index contributed by atoms with van der Waals surface area (Å²) in [5.41, 5.74) is 5.98. The maximum atomic E-state index is 11.3. The largest absolute Gasteiger partial charge is 0.481 e. The molecule has 4 N–H and O–H groups in total. The molecule has 18 heavy (non-hydrogen) atoms. The molecule has 0 aliphatic rings. The normalized spacial score (nSPS) is 11.9. The summed E-state index contributed by atoms with van der Waals surface area (Å²) in [5.74, 6) is -1.92. The number of hydrogen-bond donors (Lipinski definition) is 3. The van der Waals surface area contributed by atoms with E-state index < -0.39 is 17.8 Å². The number of aliphatic carboxylic acids is 1. The Morgan fingerprint density at radius 3 is 2.72 bits per heavy atom. The number of carbonyl (C=O) groups is 2. The van der Waals surface area contributed by atoms with E-state index in [1.807, 2.05) is 0 Å². The van der Waals surface area contributed by atoms with Gasteiger partial charge in [0.05, 0.1) is 16.5 Å². The molecule has 1 rings (SSSR count). The van der Waals surface area contributed by atoms with Crippen LogP contribution >= 0.6 is 11.6 Å². The van der Waals surface area contributed by atoms with Crippen molar-refractivity contribution in [3.05, 3.63) is 28.8 Å². The van der Waals surface area contributed by atoms with E-state index in [1.54, 1.807) is 25.1 Å². The van der Waals surface area contributed by atoms with Crippen LogP contribution in [0.2, 0.25) is 5.02 Å². The Bertz CT molecular complexity index is 463. The molecule has 5 nitrogen and oxygen atoms in total. The van der Waals surface area contributed by atoms with E-state index in [0.717, 1.165) is 0 Å². The molecule has 1 atom stereocenters. The molecule has 0 radical (unpaired) electrons. The number of amides is 1. The molecule has 1 unspecified atom stereocenters. The van der Waals surface area contributed by atoms with Gasteiger partial charge < -0.3 is 16.2 Å². The minimum absolute atomic E-state index is 0.224. The molecule has 0 aliphatic heterocycles. The van der Waals surface area contributed by atoms with E-state index in [9.17, 15) is 9.59 Å². The summed E-state index contributed by atoms with van der Waals surface area (Å²) in [7, 11) is 0. The highest BCUT2D eigenvalue weighted by molar-refractivity contribution is 6.34. The first-order valence-electron chi connectivity index (χ1n) is 5.48. The second-order valence-corrected chi connectivity index (χ2v) is 4.39. The van der Waals surface area contributed by atoms with Gasteiger partial charge in [0.25, 0.3) is 5.91 Å². The van der Waals surface area contributed by atoms with Gasteiger partial charge in [0.1, 0.15) is 0 Å². The number of nitrogens with two attached hydrogens (primary N) is 1. The zero-order valence-corrected chi connectivity index (χ0v) is 10.7. The third-order valence-electron chi connectivity index (χ3n) is 2.57. The molecule has 6 heteroatoms. The van der Waals surface area contributed by atoms with Crippen molar-refractivity contribution in [3.63, 3.8) is 0 Å². The number of anilines is 1. The fraction of sp³-hybridized carbons (Fsp3) is 0.333. The van der Waals surface area contributed by atoms with Gasteiger partial charge >= 0.3 is 5.97 Å². The number of benzene rings is 1. The predicted octanol–water partition coefficient (Wildman–Crippen LogP) is 1.96. The first kappa shape index (κ1) is 14.3. The molecular weight excluding hydrogens is 256 g/mol. The number of rotatable bonds is 6. The van der Waals surface area contributed by atoms with Crippen LogP contribution in [0, 0.1) is 5.92 Å². The molecular formula is C12H15ClN2O3. The van der Waals surface area contributed by atoms with E-state index in [1.165, 1.54) is 0 Å². The summed E-state index contributed by atoms with van der Waals surface area (Å²) in [4.78, 5) is 21.9. The van der Waals surface area contributed by atoms with Crippen LogP contribution < -0.4 is 11.1 Å². The highest BCUT2D eigenvalue weighted by atomic mass is 35.5. The SMILES string of the molecule is CC(CCNc1cccc(Cl)c1C(N)=O)C(=O)O. The van der Waals surface area contributed by atoms with Crippen molar-refractivity contribution >= 4 is 29.2 Å². The third-order valence-corrected chi connectivity index (χ3v) is 2.89. The fourth-order valence-corrected chi connectivity index (χ4v) is 1.74. The Kier molecular flexibility index (Phi) is 4.97. The molecule has 98 valence electrons. The number of carbonyl (C=O) groups excluding carboxylic acids is 1. The molecule has 1 aromatic rings. The standard InChI is InChI=1S/C12H15ClN2O3/c1-7(12(17)18)5-6-15-9-4-2-3-8(13)10(9)11(14)16/h2-4,7,15H,5-6H2,1H3,(H2,14,16)(H,17,18). The van der Waals surface area contributed by atoms with Crippen LogP contribution in [0.4, 0.5) is 5.69 Å². The van der Waals surface area contributed by atoms with Crippen LogP contribution in [0.3, 0.4) is 0 Å². The zero-order valence-electron chi connectivity index (χ0n) is 9.94. The third kappa shape index (κ3) is 3.63. The highest BCUT2D eigenvalue weighted by Crippen LogP contribution is 2.23. The van der Waals surface area contributed by atoms with E-state index in [-0.39, 0.29) is 10.6 Å². The second-order valence-electron chi connectivity index (χ2n) is 3.98. The van der Waals surface area contributed by atoms with Crippen molar-refractivity contribution in [1.29, 1.82) is 0 Å². The van der Waals surface area contributed by atoms with Gasteiger partial charge in [-0.25, -0.2) is 0 Å². The van der Waals surface area contributed by atoms with Gasteiger partial charge in [-0.2, -0.15) is 0 Å². The summed E-state index contributed by atoms with van der Waals surface area (Å²) in [6, 6.07) is 4.95. The van der Waals surface area contributed by atoms with Crippen molar-refractivity contribution in [2.75, 3.05) is 11.9 Å². The van der Waals surface area contributed by atoms with E-state index in [4.69, 9.17) is 22.4 Å². The fourth-order valence-electron chi connectivity index (χ4n) is 1.47. The summed E-state index contributed by atoms with van der Waals surface area (Å²) in [5, 5.41) is 12.0. The number of nitrogens with one attached hydrogen (secondary N) is 1. The minimum Gasteiger partial charge on any atom is -0.481 e. The average molecular weight is 271 g/mol. The number of primary amides is 1. The summed E-state index contributed by atoms with van der Waals surface area (Å²) >= 11 is 5.88. The number of carboxylic acids is 1. The van der Waals surface area contributed by atoms with Crippen molar-refractivity contribution in [2.45, 2.75) is 13.3 Å². The van der Waals surface area contributed by atoms with Gasteiger partial charge in [0, 0.05) is 12.2 Å². The van der Waals surface area contributed by atoms with Crippen LogP contribution in [0.25, 0.3) is 0 Å². The van der Waals surface area contributed by atoms with E-state index in [2.05, 4.69) is 5.32 Å². The molecule has 0 saturated carbocycles. The van der Waals surface area contributed by atoms with Gasteiger partial charge in [0.2, 0.25) is 0 Å². The summed E-state index contributed by atoms with van der Waals surface area (Å²) in [6.45, 7) is 2.05. The molecule has 0 fully saturated rings. The average Bonchev–Trinajstić information content (AvgIpc) is 2.28. The second kappa shape index (κ2) is 6.26. The number of carboxylic acid groups (broad SMARTS) is 1. The Hall–Kier alpha value is -1.75. The molecule has 0 heterocycles. The van der Waals surface area contributed by atoms with Gasteiger partial charge in [-0.15, -0.1) is 0 Å². The Labute approximate surface area is 110 Å². The smallest absolute Gasteiger partial charge is 0.306 e. The first-order valence-corrected chi connectivity index (χ1v) is 5.86. The molecule has 0 aromatic heterocycles. The number of hydrogen-bond acceptors (Lipinski definition) is 3. The quantitative estimate of drug-likeness (QED) is 0.737. The lowest BCUT2D eigenvalue weighted by molar-refractivity contribution is -0.141. The molecule has 0 saturated heterocycles. The molecule has 1 aromatic carbocycles. The minimum atomic E-state index is -0.849. The van der Waals surface area contributed by atoms with Gasteiger partial charge in [-0.3, -0.25) is 9.59 Å². The van der Waals surface area contributed by atoms with Crippen LogP contribution in [-0.4, -0.2) is 23.5 Å². The van der Waals surface area contributed by atoms with Crippen molar-refractivity contribution in [1.82, 2.24) is 0 Å². The van der Waals surface area contributed by atoms with Crippen molar-refractivity contribution in [3.8, 4) is 0 Å². The lowest BCUT2D eigenvalue weighted by atomic mass is 10.1. The monoisotopic (exact) mass is 270 g/mol. The zero-order chi connectivity index (χ0) is 13.7. The van der Waals surface area contributed by atoms with E-state index >= 15 is 0 Å². The maximum absolute atomic E-state index is 11.3. The Morgan fingerprint density at radius 2 is 2.17 bits per heavy atom. The van der Waals surface area contributed by atoms with Crippen LogP contribution in [0.1, 0.15) is 23.7 Å². The Morgan fingerprint density at radius 1 is 1.50 bits per heavy atom. The van der Waals surface area contributed by atoms with Crippen LogP contribution in [0.5, 0.6) is 0 Å². The lowest BCUT2D eigenvalue weighted by Gasteiger charge is -2.12. The lowest BCUT2D eigenvalue weighted by Crippen LogP contribution is -2.18. The summed E-state index contributed by atoms with van der Waals surface area (Å²) in [6.07, 6.45) is 0.444. The predicted molar refractivity (Wildman–Crippen MR) is 69.9 cm³/mol.